The molecule has 0 atom stereocenters. The van der Waals surface area contributed by atoms with Crippen LogP contribution in [0.1, 0.15) is 73.4 Å². The van der Waals surface area contributed by atoms with E-state index in [1.165, 1.54) is 17.1 Å². The molecule has 3 aromatic carbocycles. The van der Waals surface area contributed by atoms with Crippen molar-refractivity contribution in [1.82, 2.24) is 15.8 Å². The van der Waals surface area contributed by atoms with Crippen LogP contribution in [0.15, 0.2) is 78.9 Å². The molecule has 10 heteroatoms. The van der Waals surface area contributed by atoms with Gasteiger partial charge in [-0.1, -0.05) is 42.5 Å². The highest BCUT2D eigenvalue weighted by atomic mass is 16.6. The number of nitrogens with one attached hydrogen (secondary N) is 2. The molecule has 43 heavy (non-hydrogen) atoms. The minimum atomic E-state index is -0.619. The van der Waals surface area contributed by atoms with E-state index in [4.69, 9.17) is 14.2 Å². The van der Waals surface area contributed by atoms with E-state index in [0.717, 1.165) is 11.1 Å². The Morgan fingerprint density at radius 1 is 0.698 bits per heavy atom. The van der Waals surface area contributed by atoms with Gasteiger partial charge in [0.25, 0.3) is 11.8 Å². The highest BCUT2D eigenvalue weighted by Gasteiger charge is 2.21. The van der Waals surface area contributed by atoms with E-state index in [0.29, 0.717) is 16.9 Å². The van der Waals surface area contributed by atoms with E-state index in [2.05, 4.69) is 10.7 Å². The van der Waals surface area contributed by atoms with Crippen molar-refractivity contribution in [2.24, 2.45) is 0 Å². The van der Waals surface area contributed by atoms with Gasteiger partial charge in [0.15, 0.2) is 6.61 Å². The zero-order valence-corrected chi connectivity index (χ0v) is 25.4. The van der Waals surface area contributed by atoms with E-state index < -0.39 is 35.1 Å². The average molecular weight is 590 g/mol. The summed E-state index contributed by atoms with van der Waals surface area (Å²) in [6.07, 6.45) is -0.535. The lowest BCUT2D eigenvalue weighted by Gasteiger charge is -2.24. The van der Waals surface area contributed by atoms with Crippen molar-refractivity contribution in [2.75, 3.05) is 6.61 Å². The number of rotatable bonds is 9. The van der Waals surface area contributed by atoms with Crippen molar-refractivity contribution >= 4 is 23.9 Å². The first-order valence-electron chi connectivity index (χ1n) is 13.9. The predicted molar refractivity (Wildman–Crippen MR) is 161 cm³/mol. The summed E-state index contributed by atoms with van der Waals surface area (Å²) in [6, 6.07) is 22.2. The number of esters is 1. The lowest BCUT2D eigenvalue weighted by Crippen LogP contribution is -2.45. The van der Waals surface area contributed by atoms with E-state index in [9.17, 15) is 19.2 Å². The third kappa shape index (κ3) is 11.5. The molecule has 0 radical (unpaired) electrons. The third-order valence-electron chi connectivity index (χ3n) is 5.60. The second-order valence-electron chi connectivity index (χ2n) is 11.8. The molecule has 10 nitrogen and oxygen atoms in total. The molecule has 228 valence electrons. The zero-order chi connectivity index (χ0) is 31.6. The fourth-order valence-electron chi connectivity index (χ4n) is 3.74. The first kappa shape index (κ1) is 32.7. The summed E-state index contributed by atoms with van der Waals surface area (Å²) in [6.45, 7) is 10.7. The number of hydrazine groups is 1. The molecule has 0 fully saturated rings. The van der Waals surface area contributed by atoms with Gasteiger partial charge in [0.1, 0.15) is 17.0 Å². The van der Waals surface area contributed by atoms with Crippen LogP contribution in [-0.2, 0) is 27.4 Å². The number of carbonyl (C=O) groups excluding carboxylic acids is 4. The molecule has 3 rings (SSSR count). The molecule has 0 unspecified atom stereocenters. The molecule has 2 N–H and O–H groups in total. The maximum Gasteiger partial charge on any atom is 0.407 e. The van der Waals surface area contributed by atoms with Crippen LogP contribution in [-0.4, -0.2) is 46.7 Å². The van der Waals surface area contributed by atoms with Crippen molar-refractivity contribution in [3.8, 4) is 5.75 Å². The zero-order valence-electron chi connectivity index (χ0n) is 25.4. The summed E-state index contributed by atoms with van der Waals surface area (Å²) < 4.78 is 15.9. The van der Waals surface area contributed by atoms with Gasteiger partial charge in [-0.3, -0.25) is 15.0 Å². The number of amides is 3. The third-order valence-corrected chi connectivity index (χ3v) is 5.60. The number of ether oxygens (including phenoxy) is 3. The van der Waals surface area contributed by atoms with Gasteiger partial charge in [-0.25, -0.2) is 14.6 Å². The minimum Gasteiger partial charge on any atom is -0.482 e. The Balaban J connectivity index is 1.67. The maximum absolute atomic E-state index is 13.5. The summed E-state index contributed by atoms with van der Waals surface area (Å²) in [5.41, 5.74) is 3.72. The number of hydrogen-bond acceptors (Lipinski definition) is 7. The molecule has 3 amide bonds. The Morgan fingerprint density at radius 2 is 1.28 bits per heavy atom. The average Bonchev–Trinajstić information content (AvgIpc) is 2.93. The molecule has 0 aliphatic rings. The fraction of sp³-hybridized carbons (Fsp3) is 0.333. The molecule has 0 spiro atoms. The van der Waals surface area contributed by atoms with Gasteiger partial charge in [-0.15, -0.1) is 0 Å². The molecular weight excluding hydrogens is 550 g/mol. The van der Waals surface area contributed by atoms with E-state index in [-0.39, 0.29) is 19.7 Å². The number of nitrogens with zero attached hydrogens (tertiary/aromatic N) is 1. The molecule has 0 bridgehead atoms. The Morgan fingerprint density at radius 3 is 1.86 bits per heavy atom. The molecule has 0 heterocycles. The molecule has 0 aliphatic heterocycles. The fourth-order valence-corrected chi connectivity index (χ4v) is 3.74. The van der Waals surface area contributed by atoms with Crippen LogP contribution in [0.3, 0.4) is 0 Å². The van der Waals surface area contributed by atoms with Gasteiger partial charge in [0.05, 0.1) is 6.54 Å². The van der Waals surface area contributed by atoms with E-state index in [1.807, 2.05) is 30.3 Å². The van der Waals surface area contributed by atoms with Crippen LogP contribution >= 0.6 is 0 Å². The van der Waals surface area contributed by atoms with Crippen LogP contribution in [0.5, 0.6) is 5.75 Å². The molecule has 3 aromatic rings. The smallest absolute Gasteiger partial charge is 0.407 e. The summed E-state index contributed by atoms with van der Waals surface area (Å²) >= 11 is 0. The number of hydrogen-bond donors (Lipinski definition) is 2. The van der Waals surface area contributed by atoms with Crippen molar-refractivity contribution in [1.29, 1.82) is 0 Å². The van der Waals surface area contributed by atoms with Gasteiger partial charge in [-0.05, 0) is 89.1 Å². The van der Waals surface area contributed by atoms with Crippen molar-refractivity contribution in [3.63, 3.8) is 0 Å². The van der Waals surface area contributed by atoms with Gasteiger partial charge in [0, 0.05) is 17.7 Å². The Hall–Kier alpha value is -4.86. The van der Waals surface area contributed by atoms with Crippen LogP contribution in [0, 0.1) is 0 Å². The Kier molecular flexibility index (Phi) is 10.9. The molecular formula is C33H39N3O7. The minimum absolute atomic E-state index is 0.129. The van der Waals surface area contributed by atoms with Gasteiger partial charge < -0.3 is 19.5 Å². The summed E-state index contributed by atoms with van der Waals surface area (Å²) in [5, 5.41) is 3.93. The second-order valence-corrected chi connectivity index (χ2v) is 11.8. The van der Waals surface area contributed by atoms with Crippen molar-refractivity contribution in [3.05, 3.63) is 101 Å². The van der Waals surface area contributed by atoms with Gasteiger partial charge >= 0.3 is 12.1 Å². The normalized spacial score (nSPS) is 11.2. The maximum atomic E-state index is 13.5. The van der Waals surface area contributed by atoms with Crippen molar-refractivity contribution in [2.45, 2.75) is 65.8 Å². The molecule has 0 saturated heterocycles. The highest BCUT2D eigenvalue weighted by molar-refractivity contribution is 5.99. The summed E-state index contributed by atoms with van der Waals surface area (Å²) in [4.78, 5) is 50.5. The van der Waals surface area contributed by atoms with Crippen LogP contribution in [0.2, 0.25) is 0 Å². The van der Waals surface area contributed by atoms with E-state index >= 15 is 0 Å². The lowest BCUT2D eigenvalue weighted by atomic mass is 10.1. The van der Waals surface area contributed by atoms with Crippen LogP contribution < -0.4 is 15.5 Å². The van der Waals surface area contributed by atoms with Gasteiger partial charge in [0.2, 0.25) is 0 Å². The number of benzene rings is 3. The summed E-state index contributed by atoms with van der Waals surface area (Å²) in [7, 11) is 0. The van der Waals surface area contributed by atoms with Gasteiger partial charge in [-0.2, -0.15) is 0 Å². The number of carbonyl (C=O) groups is 4. The molecule has 0 aliphatic carbocycles. The first-order chi connectivity index (χ1) is 20.2. The second kappa shape index (κ2) is 14.4. The standard InChI is InChI=1S/C33H39N3O7/c1-32(2,3)42-28(37)22-41-27-18-16-25(17-19-27)29(38)35-36(21-24-10-8-7-9-11-24)30(39)26-14-12-23(13-15-26)20-34-31(40)43-33(4,5)6/h7-19H,20-22H2,1-6H3,(H,34,40)(H,35,38). The molecule has 0 aromatic heterocycles. The van der Waals surface area contributed by atoms with Crippen molar-refractivity contribution < 1.29 is 33.4 Å². The summed E-state index contributed by atoms with van der Waals surface area (Å²) in [5.74, 6) is -1.03. The largest absolute Gasteiger partial charge is 0.482 e. The Bertz CT molecular complexity index is 1390. The number of alkyl carbamates (subject to hydrolysis) is 1. The lowest BCUT2D eigenvalue weighted by molar-refractivity contribution is -0.157. The van der Waals surface area contributed by atoms with Crippen LogP contribution in [0.25, 0.3) is 0 Å². The van der Waals surface area contributed by atoms with E-state index in [1.54, 1.807) is 77.9 Å². The monoisotopic (exact) mass is 589 g/mol. The predicted octanol–water partition coefficient (Wildman–Crippen LogP) is 5.42. The highest BCUT2D eigenvalue weighted by Crippen LogP contribution is 2.15. The first-order valence-corrected chi connectivity index (χ1v) is 13.9. The topological polar surface area (TPSA) is 123 Å². The Labute approximate surface area is 252 Å². The quantitative estimate of drug-likeness (QED) is 0.252. The SMILES string of the molecule is CC(C)(C)OC(=O)COc1ccc(C(=O)NN(Cc2ccccc2)C(=O)c2ccc(CNC(=O)OC(C)(C)C)cc2)cc1. The molecule has 0 saturated carbocycles. The van der Waals surface area contributed by atoms with Crippen LogP contribution in [0.4, 0.5) is 4.79 Å².